The molecule has 106 valence electrons. The van der Waals surface area contributed by atoms with Crippen LogP contribution in [0.5, 0.6) is 0 Å². The molecule has 0 aliphatic carbocycles. The molecule has 0 bridgehead atoms. The smallest absolute Gasteiger partial charge is 0.235 e. The second-order valence-electron chi connectivity index (χ2n) is 5.53. The van der Waals surface area contributed by atoms with E-state index in [1.165, 1.54) is 10.9 Å². The molecule has 0 saturated carbocycles. The number of hydrogen-bond donors (Lipinski definition) is 1. The fourth-order valence-electron chi connectivity index (χ4n) is 1.62. The number of aromatic nitrogens is 4. The van der Waals surface area contributed by atoms with E-state index in [-0.39, 0.29) is 16.9 Å². The minimum Gasteiger partial charge on any atom is -0.308 e. The van der Waals surface area contributed by atoms with Crippen LogP contribution in [0.25, 0.3) is 5.95 Å². The highest BCUT2D eigenvalue weighted by atomic mass is 15.2. The van der Waals surface area contributed by atoms with Crippen LogP contribution in [0.15, 0.2) is 18.7 Å². The Kier molecular flexibility index (Phi) is 3.97. The van der Waals surface area contributed by atoms with Crippen molar-refractivity contribution in [2.75, 3.05) is 0 Å². The van der Waals surface area contributed by atoms with Gasteiger partial charge in [-0.05, 0) is 20.8 Å². The number of nitrogens with one attached hydrogen (secondary N) is 1. The van der Waals surface area contributed by atoms with E-state index >= 15 is 0 Å². The van der Waals surface area contributed by atoms with Gasteiger partial charge in [-0.3, -0.25) is 4.57 Å². The molecule has 0 atom stereocenters. The first-order chi connectivity index (χ1) is 9.94. The standard InChI is InChI=1S/C14H15N7/c1-14(2,3)20-8-10-6-17-13(18-7-10)21-9-19-11(4-15)12(21)5-16/h6-7,9,20H,8H2,1-3H3. The van der Waals surface area contributed by atoms with E-state index < -0.39 is 0 Å². The Labute approximate surface area is 122 Å². The average Bonchev–Trinajstić information content (AvgIpc) is 2.87. The molecular formula is C14H15N7. The van der Waals surface area contributed by atoms with Crippen LogP contribution in [0.2, 0.25) is 0 Å². The maximum absolute atomic E-state index is 9.08. The maximum atomic E-state index is 9.08. The Morgan fingerprint density at radius 3 is 2.33 bits per heavy atom. The van der Waals surface area contributed by atoms with Crippen molar-refractivity contribution in [2.45, 2.75) is 32.9 Å². The van der Waals surface area contributed by atoms with Crippen LogP contribution >= 0.6 is 0 Å². The monoisotopic (exact) mass is 281 g/mol. The van der Waals surface area contributed by atoms with Gasteiger partial charge in [-0.15, -0.1) is 0 Å². The van der Waals surface area contributed by atoms with Gasteiger partial charge in [-0.1, -0.05) is 0 Å². The molecule has 0 aliphatic rings. The summed E-state index contributed by atoms with van der Waals surface area (Å²) in [5, 5.41) is 21.3. The molecule has 0 aliphatic heterocycles. The fourth-order valence-corrected chi connectivity index (χ4v) is 1.62. The van der Waals surface area contributed by atoms with E-state index in [9.17, 15) is 0 Å². The van der Waals surface area contributed by atoms with Crippen molar-refractivity contribution in [1.82, 2.24) is 24.8 Å². The zero-order chi connectivity index (χ0) is 15.5. The summed E-state index contributed by atoms with van der Waals surface area (Å²) in [5.41, 5.74) is 1.16. The van der Waals surface area contributed by atoms with Crippen LogP contribution in [-0.4, -0.2) is 25.1 Å². The normalized spacial score (nSPS) is 10.9. The summed E-state index contributed by atoms with van der Waals surface area (Å²) >= 11 is 0. The van der Waals surface area contributed by atoms with Gasteiger partial charge in [0.1, 0.15) is 18.5 Å². The highest BCUT2D eigenvalue weighted by molar-refractivity contribution is 5.39. The molecule has 1 N–H and O–H groups in total. The van der Waals surface area contributed by atoms with Gasteiger partial charge in [0.05, 0.1) is 0 Å². The van der Waals surface area contributed by atoms with Gasteiger partial charge in [-0.25, -0.2) is 15.0 Å². The highest BCUT2D eigenvalue weighted by Gasteiger charge is 2.13. The molecule has 2 aromatic heterocycles. The summed E-state index contributed by atoms with van der Waals surface area (Å²) in [4.78, 5) is 12.3. The second-order valence-corrected chi connectivity index (χ2v) is 5.53. The van der Waals surface area contributed by atoms with Crippen LogP contribution in [-0.2, 0) is 6.54 Å². The van der Waals surface area contributed by atoms with Gasteiger partial charge in [0.2, 0.25) is 5.95 Å². The average molecular weight is 281 g/mol. The summed E-state index contributed by atoms with van der Waals surface area (Å²) < 4.78 is 1.40. The molecule has 2 heterocycles. The molecule has 2 aromatic rings. The van der Waals surface area contributed by atoms with Crippen LogP contribution in [0.3, 0.4) is 0 Å². The van der Waals surface area contributed by atoms with Gasteiger partial charge < -0.3 is 5.32 Å². The lowest BCUT2D eigenvalue weighted by Crippen LogP contribution is -2.35. The number of hydrogen-bond acceptors (Lipinski definition) is 6. The van der Waals surface area contributed by atoms with Crippen LogP contribution < -0.4 is 5.32 Å². The lowest BCUT2D eigenvalue weighted by molar-refractivity contribution is 0.423. The Morgan fingerprint density at radius 1 is 1.14 bits per heavy atom. The molecule has 0 saturated heterocycles. The zero-order valence-corrected chi connectivity index (χ0v) is 12.1. The molecule has 0 amide bonds. The number of nitrogens with zero attached hydrogens (tertiary/aromatic N) is 6. The van der Waals surface area contributed by atoms with Crippen molar-refractivity contribution in [2.24, 2.45) is 0 Å². The number of imidazole rings is 1. The van der Waals surface area contributed by atoms with Crippen molar-refractivity contribution in [3.63, 3.8) is 0 Å². The van der Waals surface area contributed by atoms with Gasteiger partial charge in [0, 0.05) is 30.0 Å². The van der Waals surface area contributed by atoms with E-state index in [1.807, 2.05) is 12.1 Å². The zero-order valence-electron chi connectivity index (χ0n) is 12.1. The third kappa shape index (κ3) is 3.41. The number of nitriles is 2. The van der Waals surface area contributed by atoms with Crippen molar-refractivity contribution in [1.29, 1.82) is 10.5 Å². The fraction of sp³-hybridized carbons (Fsp3) is 0.357. The first-order valence-corrected chi connectivity index (χ1v) is 6.38. The Hall–Kier alpha value is -2.77. The van der Waals surface area contributed by atoms with E-state index in [0.717, 1.165) is 5.56 Å². The van der Waals surface area contributed by atoms with Gasteiger partial charge >= 0.3 is 0 Å². The highest BCUT2D eigenvalue weighted by Crippen LogP contribution is 2.10. The van der Waals surface area contributed by atoms with E-state index in [1.54, 1.807) is 12.4 Å². The first kappa shape index (κ1) is 14.6. The first-order valence-electron chi connectivity index (χ1n) is 6.38. The SMILES string of the molecule is CC(C)(C)NCc1cnc(-n2cnc(C#N)c2C#N)nc1. The summed E-state index contributed by atoms with van der Waals surface area (Å²) in [6.07, 6.45) is 4.75. The minimum absolute atomic E-state index is 0.0126. The van der Waals surface area contributed by atoms with Crippen molar-refractivity contribution < 1.29 is 0 Å². The molecule has 2 rings (SSSR count). The second kappa shape index (κ2) is 5.70. The number of rotatable bonds is 3. The van der Waals surface area contributed by atoms with E-state index in [0.29, 0.717) is 12.5 Å². The topological polar surface area (TPSA) is 103 Å². The molecule has 0 fully saturated rings. The van der Waals surface area contributed by atoms with Crippen molar-refractivity contribution in [3.05, 3.63) is 35.7 Å². The quantitative estimate of drug-likeness (QED) is 0.909. The van der Waals surface area contributed by atoms with Gasteiger partial charge in [0.15, 0.2) is 11.4 Å². The summed E-state index contributed by atoms with van der Waals surface area (Å²) in [6, 6.07) is 3.80. The predicted molar refractivity (Wildman–Crippen MR) is 75.2 cm³/mol. The third-order valence-electron chi connectivity index (χ3n) is 2.71. The van der Waals surface area contributed by atoms with Gasteiger partial charge in [-0.2, -0.15) is 10.5 Å². The molecular weight excluding hydrogens is 266 g/mol. The predicted octanol–water partition coefficient (Wildman–Crippen LogP) is 1.29. The third-order valence-corrected chi connectivity index (χ3v) is 2.71. The Morgan fingerprint density at radius 2 is 1.81 bits per heavy atom. The molecule has 0 aromatic carbocycles. The van der Waals surface area contributed by atoms with E-state index in [2.05, 4.69) is 41.0 Å². The molecule has 0 radical (unpaired) electrons. The lowest BCUT2D eigenvalue weighted by Gasteiger charge is -2.20. The largest absolute Gasteiger partial charge is 0.308 e. The Bertz CT molecular complexity index is 708. The van der Waals surface area contributed by atoms with Crippen LogP contribution in [0.4, 0.5) is 0 Å². The minimum atomic E-state index is 0.0126. The molecule has 7 nitrogen and oxygen atoms in total. The Balaban J connectivity index is 2.22. The van der Waals surface area contributed by atoms with Crippen LogP contribution in [0.1, 0.15) is 37.7 Å². The summed E-state index contributed by atoms with van der Waals surface area (Å²) in [7, 11) is 0. The molecule has 21 heavy (non-hydrogen) atoms. The molecule has 0 spiro atoms. The summed E-state index contributed by atoms with van der Waals surface area (Å²) in [5.74, 6) is 0.319. The maximum Gasteiger partial charge on any atom is 0.235 e. The summed E-state index contributed by atoms with van der Waals surface area (Å²) in [6.45, 7) is 6.89. The van der Waals surface area contributed by atoms with E-state index in [4.69, 9.17) is 10.5 Å². The van der Waals surface area contributed by atoms with Crippen molar-refractivity contribution in [3.8, 4) is 18.1 Å². The molecule has 7 heteroatoms. The van der Waals surface area contributed by atoms with Gasteiger partial charge in [0.25, 0.3) is 0 Å². The van der Waals surface area contributed by atoms with Crippen LogP contribution in [0, 0.1) is 22.7 Å². The van der Waals surface area contributed by atoms with Crippen molar-refractivity contribution >= 4 is 0 Å². The molecule has 0 unspecified atom stereocenters. The lowest BCUT2D eigenvalue weighted by atomic mass is 10.1.